The lowest BCUT2D eigenvalue weighted by Gasteiger charge is -2.32. The highest BCUT2D eigenvalue weighted by Gasteiger charge is 2.34. The monoisotopic (exact) mass is 323 g/mol. The van der Waals surface area contributed by atoms with E-state index in [4.69, 9.17) is 0 Å². The van der Waals surface area contributed by atoms with Gasteiger partial charge in [-0.1, -0.05) is 0 Å². The number of amides is 1. The number of carbonyl (C=O) groups excluding carboxylic acids is 2. The molecule has 0 saturated heterocycles. The lowest BCUT2D eigenvalue weighted by atomic mass is 10.1. The summed E-state index contributed by atoms with van der Waals surface area (Å²) in [4.78, 5) is 25.0. The van der Waals surface area contributed by atoms with Crippen molar-refractivity contribution >= 4 is 17.9 Å². The highest BCUT2D eigenvalue weighted by Crippen LogP contribution is 2.32. The topological polar surface area (TPSA) is 55.2 Å². The molecule has 5 nitrogen and oxygen atoms in total. The minimum Gasteiger partial charge on any atom is -0.305 e. The molecule has 2 aromatic rings. The van der Waals surface area contributed by atoms with Gasteiger partial charge in [-0.2, -0.15) is 18.3 Å². The zero-order chi connectivity index (χ0) is 16.8. The molecule has 8 heteroatoms. The summed E-state index contributed by atoms with van der Waals surface area (Å²) < 4.78 is 39.3. The first-order valence-electron chi connectivity index (χ1n) is 6.84. The smallest absolute Gasteiger partial charge is 0.305 e. The van der Waals surface area contributed by atoms with E-state index >= 15 is 0 Å². The molecule has 1 atom stereocenters. The van der Waals surface area contributed by atoms with E-state index in [9.17, 15) is 22.8 Å². The van der Waals surface area contributed by atoms with Gasteiger partial charge >= 0.3 is 6.18 Å². The minimum absolute atomic E-state index is 0.152. The normalized spacial score (nSPS) is 18.0. The van der Waals surface area contributed by atoms with E-state index in [1.807, 2.05) is 6.92 Å². The number of nitrogens with zero attached hydrogens (tertiary/aromatic N) is 3. The summed E-state index contributed by atoms with van der Waals surface area (Å²) in [5.74, 6) is -0.456. The van der Waals surface area contributed by atoms with Crippen molar-refractivity contribution in [3.63, 3.8) is 0 Å². The SMILES string of the molecule is C[C@H]1CN(c2ccc(C(F)(F)F)cc2)C(=O)c2c(C=O)cnn21. The summed E-state index contributed by atoms with van der Waals surface area (Å²) in [5, 5.41) is 4.02. The second-order valence-corrected chi connectivity index (χ2v) is 5.32. The second kappa shape index (κ2) is 5.22. The van der Waals surface area contributed by atoms with Crippen LogP contribution in [0.2, 0.25) is 0 Å². The van der Waals surface area contributed by atoms with Crippen LogP contribution in [0.4, 0.5) is 18.9 Å². The molecular formula is C15H12F3N3O2. The Morgan fingerprint density at radius 2 is 1.91 bits per heavy atom. The number of alkyl halides is 3. The molecule has 0 fully saturated rings. The van der Waals surface area contributed by atoms with Crippen LogP contribution in [-0.4, -0.2) is 28.5 Å². The first-order chi connectivity index (χ1) is 10.8. The molecule has 0 radical (unpaired) electrons. The number of carbonyl (C=O) groups is 2. The molecule has 1 aliphatic heterocycles. The van der Waals surface area contributed by atoms with E-state index in [0.29, 0.717) is 12.0 Å². The Morgan fingerprint density at radius 1 is 1.26 bits per heavy atom. The van der Waals surface area contributed by atoms with E-state index in [0.717, 1.165) is 12.1 Å². The highest BCUT2D eigenvalue weighted by molar-refractivity contribution is 6.09. The molecule has 0 spiro atoms. The van der Waals surface area contributed by atoms with Crippen LogP contribution in [0.25, 0.3) is 0 Å². The molecule has 0 N–H and O–H groups in total. The van der Waals surface area contributed by atoms with Gasteiger partial charge in [-0.3, -0.25) is 14.3 Å². The number of fused-ring (bicyclic) bond motifs is 1. The van der Waals surface area contributed by atoms with E-state index < -0.39 is 17.6 Å². The third-order valence-corrected chi connectivity index (χ3v) is 3.77. The quantitative estimate of drug-likeness (QED) is 0.799. The zero-order valence-corrected chi connectivity index (χ0v) is 12.0. The van der Waals surface area contributed by atoms with Crippen molar-refractivity contribution in [2.24, 2.45) is 0 Å². The first kappa shape index (κ1) is 15.3. The maximum atomic E-state index is 12.6. The van der Waals surface area contributed by atoms with E-state index in [1.165, 1.54) is 27.9 Å². The Balaban J connectivity index is 1.98. The first-order valence-corrected chi connectivity index (χ1v) is 6.84. The summed E-state index contributed by atoms with van der Waals surface area (Å²) in [7, 11) is 0. The predicted octanol–water partition coefficient (Wildman–Crippen LogP) is 2.94. The molecule has 3 rings (SSSR count). The van der Waals surface area contributed by atoms with Crippen molar-refractivity contribution in [3.8, 4) is 0 Å². The maximum absolute atomic E-state index is 12.6. The Hall–Kier alpha value is -2.64. The van der Waals surface area contributed by atoms with Gasteiger partial charge in [0.15, 0.2) is 6.29 Å². The van der Waals surface area contributed by atoms with Gasteiger partial charge in [-0.15, -0.1) is 0 Å². The van der Waals surface area contributed by atoms with Crippen molar-refractivity contribution in [2.45, 2.75) is 19.1 Å². The van der Waals surface area contributed by atoms with Gasteiger partial charge in [0.1, 0.15) is 5.69 Å². The molecule has 1 aliphatic rings. The molecule has 120 valence electrons. The van der Waals surface area contributed by atoms with Gasteiger partial charge in [0, 0.05) is 12.2 Å². The standard InChI is InChI=1S/C15H12F3N3O2/c1-9-7-20(12-4-2-11(3-5-12)15(16,17)18)14(23)13-10(8-22)6-19-21(9)13/h2-6,8-9H,7H2,1H3/t9-/m0/s1. The van der Waals surface area contributed by atoms with Crippen LogP contribution < -0.4 is 4.90 Å². The van der Waals surface area contributed by atoms with Gasteiger partial charge in [0.2, 0.25) is 0 Å². The minimum atomic E-state index is -4.43. The molecule has 1 aromatic heterocycles. The lowest BCUT2D eigenvalue weighted by Crippen LogP contribution is -2.43. The summed E-state index contributed by atoms with van der Waals surface area (Å²) in [6.45, 7) is 2.08. The van der Waals surface area contributed by atoms with Crippen molar-refractivity contribution in [1.82, 2.24) is 9.78 Å². The van der Waals surface area contributed by atoms with Crippen LogP contribution >= 0.6 is 0 Å². The molecule has 0 saturated carbocycles. The van der Waals surface area contributed by atoms with Gasteiger partial charge in [-0.05, 0) is 31.2 Å². The summed E-state index contributed by atoms with van der Waals surface area (Å²) >= 11 is 0. The summed E-state index contributed by atoms with van der Waals surface area (Å²) in [6, 6.07) is 4.17. The number of hydrogen-bond donors (Lipinski definition) is 0. The molecular weight excluding hydrogens is 311 g/mol. The number of aromatic nitrogens is 2. The maximum Gasteiger partial charge on any atom is 0.416 e. The second-order valence-electron chi connectivity index (χ2n) is 5.32. The molecule has 0 bridgehead atoms. The van der Waals surface area contributed by atoms with Crippen LogP contribution in [0.1, 0.15) is 39.4 Å². The van der Waals surface area contributed by atoms with Crippen LogP contribution in [0.15, 0.2) is 30.5 Å². The summed E-state index contributed by atoms with van der Waals surface area (Å²) in [6.07, 6.45) is -2.58. The molecule has 2 heterocycles. The number of rotatable bonds is 2. The van der Waals surface area contributed by atoms with Crippen LogP contribution in [0, 0.1) is 0 Å². The van der Waals surface area contributed by atoms with Crippen LogP contribution in [-0.2, 0) is 6.18 Å². The number of anilines is 1. The average Bonchev–Trinajstić information content (AvgIpc) is 2.95. The Morgan fingerprint density at radius 3 is 2.48 bits per heavy atom. The van der Waals surface area contributed by atoms with Gasteiger partial charge < -0.3 is 4.90 Å². The van der Waals surface area contributed by atoms with Crippen molar-refractivity contribution in [2.75, 3.05) is 11.4 Å². The average molecular weight is 323 g/mol. The van der Waals surface area contributed by atoms with Gasteiger partial charge in [0.05, 0.1) is 23.4 Å². The zero-order valence-electron chi connectivity index (χ0n) is 12.0. The van der Waals surface area contributed by atoms with Crippen molar-refractivity contribution < 1.29 is 22.8 Å². The fourth-order valence-electron chi connectivity index (χ4n) is 2.62. The molecule has 1 aromatic carbocycles. The molecule has 0 unspecified atom stereocenters. The number of benzene rings is 1. The van der Waals surface area contributed by atoms with Crippen LogP contribution in [0.3, 0.4) is 0 Å². The van der Waals surface area contributed by atoms with Crippen molar-refractivity contribution in [3.05, 3.63) is 47.3 Å². The number of hydrogen-bond acceptors (Lipinski definition) is 3. The predicted molar refractivity (Wildman–Crippen MR) is 75.4 cm³/mol. The molecule has 23 heavy (non-hydrogen) atoms. The van der Waals surface area contributed by atoms with E-state index in [1.54, 1.807) is 0 Å². The largest absolute Gasteiger partial charge is 0.416 e. The van der Waals surface area contributed by atoms with Gasteiger partial charge in [0.25, 0.3) is 5.91 Å². The fourth-order valence-corrected chi connectivity index (χ4v) is 2.62. The molecule has 0 aliphatic carbocycles. The Bertz CT molecular complexity index is 765. The number of halogens is 3. The van der Waals surface area contributed by atoms with Gasteiger partial charge in [-0.25, -0.2) is 0 Å². The van der Waals surface area contributed by atoms with E-state index in [2.05, 4.69) is 5.10 Å². The highest BCUT2D eigenvalue weighted by atomic mass is 19.4. The third kappa shape index (κ3) is 2.49. The summed E-state index contributed by atoms with van der Waals surface area (Å²) in [5.41, 5.74) is -0.117. The fraction of sp³-hybridized carbons (Fsp3) is 0.267. The lowest BCUT2D eigenvalue weighted by molar-refractivity contribution is -0.137. The van der Waals surface area contributed by atoms with E-state index in [-0.39, 0.29) is 23.8 Å². The Labute approximate surface area is 129 Å². The Kier molecular flexibility index (Phi) is 3.46. The molecule has 1 amide bonds. The van der Waals surface area contributed by atoms with Crippen LogP contribution in [0.5, 0.6) is 0 Å². The third-order valence-electron chi connectivity index (χ3n) is 3.77. The van der Waals surface area contributed by atoms with Crippen molar-refractivity contribution in [1.29, 1.82) is 0 Å². The number of aldehydes is 1.